The number of nitrogens with zero attached hydrogens (tertiary/aromatic N) is 5. The maximum absolute atomic E-state index is 12.9. The van der Waals surface area contributed by atoms with Gasteiger partial charge in [-0.2, -0.15) is 9.29 Å². The molecule has 0 radical (unpaired) electrons. The summed E-state index contributed by atoms with van der Waals surface area (Å²) in [5, 5.41) is 14.0. The smallest absolute Gasteiger partial charge is 0.272 e. The molecule has 2 heterocycles. The first kappa shape index (κ1) is 21.7. The fourth-order valence-corrected chi connectivity index (χ4v) is 4.87. The predicted octanol–water partition coefficient (Wildman–Crippen LogP) is 2.97. The minimum atomic E-state index is -3.98. The van der Waals surface area contributed by atoms with Gasteiger partial charge in [0, 0.05) is 18.2 Å². The minimum Gasteiger partial charge on any atom is -0.338 e. The maximum atomic E-state index is 12.9. The van der Waals surface area contributed by atoms with Gasteiger partial charge in [0.2, 0.25) is 21.2 Å². The zero-order chi connectivity index (χ0) is 22.7. The molecule has 0 unspecified atom stereocenters. The summed E-state index contributed by atoms with van der Waals surface area (Å²) in [6.45, 7) is 1.77. The number of hydrogen-bond donors (Lipinski definition) is 1. The zero-order valence-electron chi connectivity index (χ0n) is 17.1. The number of benzene rings is 2. The van der Waals surface area contributed by atoms with Crippen LogP contribution >= 0.6 is 11.3 Å². The molecule has 1 N–H and O–H groups in total. The van der Waals surface area contributed by atoms with Crippen LogP contribution < -0.4 is 5.32 Å². The lowest BCUT2D eigenvalue weighted by Gasteiger charge is -2.11. The number of carbonyl (C=O) groups excluding carboxylic acids is 1. The van der Waals surface area contributed by atoms with Gasteiger partial charge in [-0.15, -0.1) is 10.2 Å². The second-order valence-electron chi connectivity index (χ2n) is 6.83. The molecule has 4 aromatic rings. The normalized spacial score (nSPS) is 11.6. The molecule has 0 spiro atoms. The molecular weight excluding hydrogens is 452 g/mol. The predicted molar refractivity (Wildman–Crippen MR) is 117 cm³/mol. The summed E-state index contributed by atoms with van der Waals surface area (Å²) in [6, 6.07) is 16.1. The van der Waals surface area contributed by atoms with Crippen molar-refractivity contribution in [1.29, 1.82) is 0 Å². The van der Waals surface area contributed by atoms with E-state index in [0.717, 1.165) is 26.8 Å². The van der Waals surface area contributed by atoms with E-state index in [1.165, 1.54) is 7.05 Å². The molecule has 2 aromatic heterocycles. The molecule has 2 aromatic carbocycles. The topological polar surface area (TPSA) is 131 Å². The van der Waals surface area contributed by atoms with E-state index in [0.29, 0.717) is 11.4 Å². The Bertz CT molecular complexity index is 1330. The minimum absolute atomic E-state index is 0.0757. The van der Waals surface area contributed by atoms with Gasteiger partial charge in [-0.1, -0.05) is 64.5 Å². The maximum Gasteiger partial charge on any atom is 0.272 e. The number of rotatable bonds is 7. The molecule has 0 atom stereocenters. The molecule has 0 aliphatic rings. The Balaban J connectivity index is 1.44. The monoisotopic (exact) mass is 470 g/mol. The fourth-order valence-electron chi connectivity index (χ4n) is 2.67. The Morgan fingerprint density at radius 2 is 1.81 bits per heavy atom. The zero-order valence-corrected chi connectivity index (χ0v) is 18.7. The summed E-state index contributed by atoms with van der Waals surface area (Å²) < 4.78 is 31.6. The van der Waals surface area contributed by atoms with Gasteiger partial charge in [0.1, 0.15) is 0 Å². The second kappa shape index (κ2) is 8.94. The van der Waals surface area contributed by atoms with Crippen molar-refractivity contribution in [2.24, 2.45) is 0 Å². The van der Waals surface area contributed by atoms with Gasteiger partial charge in [0.25, 0.3) is 15.9 Å². The molecule has 164 valence electrons. The van der Waals surface area contributed by atoms with E-state index in [9.17, 15) is 13.2 Å². The van der Waals surface area contributed by atoms with Crippen molar-refractivity contribution in [3.63, 3.8) is 0 Å². The van der Waals surface area contributed by atoms with Gasteiger partial charge >= 0.3 is 0 Å². The molecule has 32 heavy (non-hydrogen) atoms. The van der Waals surface area contributed by atoms with E-state index in [4.69, 9.17) is 4.52 Å². The Morgan fingerprint density at radius 1 is 1.09 bits per heavy atom. The van der Waals surface area contributed by atoms with Gasteiger partial charge in [-0.3, -0.25) is 10.1 Å². The first-order chi connectivity index (χ1) is 15.3. The van der Waals surface area contributed by atoms with Crippen LogP contribution in [0, 0.1) is 6.92 Å². The highest BCUT2D eigenvalue weighted by molar-refractivity contribution is 7.91. The lowest BCUT2D eigenvalue weighted by molar-refractivity contribution is 0.102. The van der Waals surface area contributed by atoms with E-state index in [1.54, 1.807) is 24.3 Å². The van der Waals surface area contributed by atoms with E-state index >= 15 is 0 Å². The van der Waals surface area contributed by atoms with E-state index in [1.807, 2.05) is 37.3 Å². The highest BCUT2D eigenvalue weighted by atomic mass is 32.2. The molecule has 0 aliphatic carbocycles. The number of carbonyl (C=O) groups is 1. The molecule has 12 heteroatoms. The van der Waals surface area contributed by atoms with Gasteiger partial charge in [0.15, 0.2) is 0 Å². The summed E-state index contributed by atoms with van der Waals surface area (Å²) in [4.78, 5) is 16.6. The Morgan fingerprint density at radius 3 is 2.53 bits per heavy atom. The van der Waals surface area contributed by atoms with Gasteiger partial charge in [0.05, 0.1) is 6.54 Å². The van der Waals surface area contributed by atoms with Crippen molar-refractivity contribution < 1.29 is 17.7 Å². The van der Waals surface area contributed by atoms with Crippen molar-refractivity contribution >= 4 is 32.4 Å². The van der Waals surface area contributed by atoms with Crippen LogP contribution in [-0.4, -0.2) is 46.0 Å². The molecule has 0 aliphatic heterocycles. The van der Waals surface area contributed by atoms with Crippen molar-refractivity contribution in [1.82, 2.24) is 24.6 Å². The number of amides is 1. The second-order valence-corrected chi connectivity index (χ2v) is 10.0. The number of aryl methyl sites for hydroxylation is 1. The van der Waals surface area contributed by atoms with Gasteiger partial charge < -0.3 is 4.52 Å². The largest absolute Gasteiger partial charge is 0.338 e. The number of nitrogens with one attached hydrogen (secondary N) is 1. The van der Waals surface area contributed by atoms with Crippen LogP contribution in [0.2, 0.25) is 0 Å². The number of anilines is 1. The summed E-state index contributed by atoms with van der Waals surface area (Å²) in [6.07, 6.45) is 0. The van der Waals surface area contributed by atoms with Crippen molar-refractivity contribution in [3.8, 4) is 11.4 Å². The average Bonchev–Trinajstić information content (AvgIpc) is 3.45. The van der Waals surface area contributed by atoms with E-state index in [-0.39, 0.29) is 21.9 Å². The Kier molecular flexibility index (Phi) is 6.08. The first-order valence-electron chi connectivity index (χ1n) is 9.39. The van der Waals surface area contributed by atoms with Crippen molar-refractivity contribution in [3.05, 3.63) is 71.6 Å². The molecule has 0 saturated carbocycles. The molecule has 4 rings (SSSR count). The van der Waals surface area contributed by atoms with Crippen LogP contribution in [0.3, 0.4) is 0 Å². The Hall–Kier alpha value is -3.48. The number of hydrogen-bond acceptors (Lipinski definition) is 9. The lowest BCUT2D eigenvalue weighted by atomic mass is 10.1. The lowest BCUT2D eigenvalue weighted by Crippen LogP contribution is -2.26. The van der Waals surface area contributed by atoms with Crippen LogP contribution in [0.4, 0.5) is 5.13 Å². The highest BCUT2D eigenvalue weighted by Crippen LogP contribution is 2.24. The summed E-state index contributed by atoms with van der Waals surface area (Å²) >= 11 is 0.756. The van der Waals surface area contributed by atoms with E-state index in [2.05, 4.69) is 25.7 Å². The third-order valence-corrected chi connectivity index (χ3v) is 7.42. The SMILES string of the molecule is Cc1ccc(C(=O)Nc2nnc(S(=O)(=O)N(C)Cc3nc(-c4ccccc4)no3)s2)cc1. The standard InChI is InChI=1S/C20H18N6O4S2/c1-13-8-10-15(11-9-13)18(27)22-19-23-24-20(31-19)32(28,29)26(2)12-16-21-17(25-30-16)14-6-4-3-5-7-14/h3-11H,12H2,1-2H3,(H,22,23,27). The molecule has 10 nitrogen and oxygen atoms in total. The van der Waals surface area contributed by atoms with Crippen LogP contribution in [-0.2, 0) is 16.6 Å². The molecule has 0 bridgehead atoms. The molecule has 0 fully saturated rings. The number of aromatic nitrogens is 4. The van der Waals surface area contributed by atoms with Crippen molar-refractivity contribution in [2.45, 2.75) is 17.8 Å². The van der Waals surface area contributed by atoms with Crippen LogP contribution in [0.1, 0.15) is 21.8 Å². The quantitative estimate of drug-likeness (QED) is 0.408. The van der Waals surface area contributed by atoms with Crippen LogP contribution in [0.25, 0.3) is 11.4 Å². The van der Waals surface area contributed by atoms with Gasteiger partial charge in [-0.25, -0.2) is 8.42 Å². The summed E-state index contributed by atoms with van der Waals surface area (Å²) in [7, 11) is -2.61. The fraction of sp³-hybridized carbons (Fsp3) is 0.150. The summed E-state index contributed by atoms with van der Waals surface area (Å²) in [5.41, 5.74) is 2.20. The van der Waals surface area contributed by atoms with Crippen molar-refractivity contribution in [2.75, 3.05) is 12.4 Å². The number of sulfonamides is 1. The molecule has 0 saturated heterocycles. The Labute approximate surface area is 188 Å². The first-order valence-corrected chi connectivity index (χ1v) is 11.6. The molecular formula is C20H18N6O4S2. The molecule has 1 amide bonds. The van der Waals surface area contributed by atoms with Crippen LogP contribution in [0.5, 0.6) is 0 Å². The highest BCUT2D eigenvalue weighted by Gasteiger charge is 2.28. The third kappa shape index (κ3) is 4.72. The van der Waals surface area contributed by atoms with Crippen LogP contribution in [0.15, 0.2) is 63.5 Å². The summed E-state index contributed by atoms with van der Waals surface area (Å²) in [5.74, 6) is 0.0912. The van der Waals surface area contributed by atoms with E-state index < -0.39 is 15.9 Å². The average molecular weight is 471 g/mol. The third-order valence-electron chi connectivity index (χ3n) is 4.43. The van der Waals surface area contributed by atoms with Gasteiger partial charge in [-0.05, 0) is 19.1 Å².